The first kappa shape index (κ1) is 25.3. The first-order valence-corrected chi connectivity index (χ1v) is 12.1. The summed E-state index contributed by atoms with van der Waals surface area (Å²) in [6, 6.07) is 5.54. The SMILES string of the molecule is C=C(c1nc(-c2ccc(OC)c3nc(C(F)(F)F)ccc23)oc1CN)N1CCN(SC(C)C)CC1. The normalized spacial score (nSPS) is 15.3. The highest BCUT2D eigenvalue weighted by atomic mass is 32.2. The molecule has 0 aliphatic carbocycles. The molecule has 0 unspecified atom stereocenters. The van der Waals surface area contributed by atoms with Crippen molar-refractivity contribution >= 4 is 28.5 Å². The van der Waals surface area contributed by atoms with Gasteiger partial charge in [0.15, 0.2) is 0 Å². The minimum absolute atomic E-state index is 0.0754. The van der Waals surface area contributed by atoms with E-state index in [2.05, 4.69) is 39.6 Å². The van der Waals surface area contributed by atoms with Gasteiger partial charge in [-0.05, 0) is 24.3 Å². The molecule has 2 N–H and O–H groups in total. The van der Waals surface area contributed by atoms with Crippen molar-refractivity contribution in [1.29, 1.82) is 0 Å². The third-order valence-electron chi connectivity index (χ3n) is 5.70. The second-order valence-electron chi connectivity index (χ2n) is 8.42. The van der Waals surface area contributed by atoms with Crippen molar-refractivity contribution in [3.05, 3.63) is 48.0 Å². The molecule has 1 fully saturated rings. The van der Waals surface area contributed by atoms with Gasteiger partial charge in [-0.1, -0.05) is 32.4 Å². The second-order valence-corrected chi connectivity index (χ2v) is 10.1. The van der Waals surface area contributed by atoms with Crippen molar-refractivity contribution < 1.29 is 22.3 Å². The lowest BCUT2D eigenvalue weighted by molar-refractivity contribution is -0.140. The van der Waals surface area contributed by atoms with Crippen molar-refractivity contribution in [2.45, 2.75) is 31.8 Å². The fraction of sp³-hybridized carbons (Fsp3) is 0.417. The molecule has 4 rings (SSSR count). The van der Waals surface area contributed by atoms with Crippen molar-refractivity contribution in [1.82, 2.24) is 19.2 Å². The number of hydrogen-bond donors (Lipinski definition) is 1. The molecule has 35 heavy (non-hydrogen) atoms. The number of rotatable bonds is 7. The molecule has 2 aromatic heterocycles. The number of piperazine rings is 1. The number of oxazole rings is 1. The molecular weight excluding hydrogens is 479 g/mol. The first-order valence-electron chi connectivity index (χ1n) is 11.2. The zero-order chi connectivity index (χ0) is 25.3. The van der Waals surface area contributed by atoms with E-state index in [9.17, 15) is 13.2 Å². The van der Waals surface area contributed by atoms with E-state index in [0.29, 0.717) is 33.4 Å². The van der Waals surface area contributed by atoms with E-state index in [1.165, 1.54) is 13.2 Å². The summed E-state index contributed by atoms with van der Waals surface area (Å²) < 4.78 is 53.4. The fourth-order valence-corrected chi connectivity index (χ4v) is 5.01. The average molecular weight is 508 g/mol. The lowest BCUT2D eigenvalue weighted by Gasteiger charge is -2.36. The van der Waals surface area contributed by atoms with E-state index in [1.54, 1.807) is 12.1 Å². The Kier molecular flexibility index (Phi) is 7.30. The number of aromatic nitrogens is 2. The highest BCUT2D eigenvalue weighted by molar-refractivity contribution is 7.97. The van der Waals surface area contributed by atoms with Gasteiger partial charge in [0, 0.05) is 42.4 Å². The van der Waals surface area contributed by atoms with Crippen molar-refractivity contribution in [2.75, 3.05) is 33.3 Å². The van der Waals surface area contributed by atoms with Gasteiger partial charge in [0.05, 0.1) is 19.4 Å². The number of halogens is 3. The van der Waals surface area contributed by atoms with Gasteiger partial charge in [-0.15, -0.1) is 0 Å². The zero-order valence-corrected chi connectivity index (χ0v) is 20.7. The maximum atomic E-state index is 13.3. The second kappa shape index (κ2) is 10.1. The average Bonchev–Trinajstić information content (AvgIpc) is 3.26. The Bertz CT molecular complexity index is 1220. The predicted molar refractivity (Wildman–Crippen MR) is 132 cm³/mol. The molecule has 0 atom stereocenters. The highest BCUT2D eigenvalue weighted by Gasteiger charge is 2.33. The van der Waals surface area contributed by atoms with E-state index in [4.69, 9.17) is 14.9 Å². The van der Waals surface area contributed by atoms with Gasteiger partial charge in [-0.3, -0.25) is 0 Å². The van der Waals surface area contributed by atoms with Crippen LogP contribution in [0.3, 0.4) is 0 Å². The molecule has 11 heteroatoms. The van der Waals surface area contributed by atoms with Crippen LogP contribution in [0, 0.1) is 0 Å². The summed E-state index contributed by atoms with van der Waals surface area (Å²) in [5, 5.41) is 0.950. The molecule has 0 radical (unpaired) electrons. The first-order chi connectivity index (χ1) is 16.6. The predicted octanol–water partition coefficient (Wildman–Crippen LogP) is 5.02. The largest absolute Gasteiger partial charge is 0.494 e. The highest BCUT2D eigenvalue weighted by Crippen LogP contribution is 2.37. The van der Waals surface area contributed by atoms with Gasteiger partial charge >= 0.3 is 6.18 Å². The molecule has 0 amide bonds. The zero-order valence-electron chi connectivity index (χ0n) is 19.9. The number of pyridine rings is 1. The van der Waals surface area contributed by atoms with Gasteiger partial charge in [0.25, 0.3) is 0 Å². The monoisotopic (exact) mass is 507 g/mol. The van der Waals surface area contributed by atoms with Gasteiger partial charge in [-0.2, -0.15) is 13.2 Å². The van der Waals surface area contributed by atoms with Gasteiger partial charge in [-0.25, -0.2) is 14.3 Å². The molecule has 0 saturated carbocycles. The standard InChI is InChI=1S/C24H28F3N5O2S/c1-14(2)35-32-11-9-31(10-12-32)15(3)21-19(13-28)34-23(30-21)17-5-7-18(33-4)22-16(17)6-8-20(29-22)24(25,26)27/h5-8,14H,3,9-13,28H2,1-2,4H3. The Morgan fingerprint density at radius 1 is 1.17 bits per heavy atom. The molecule has 1 aliphatic rings. The summed E-state index contributed by atoms with van der Waals surface area (Å²) in [4.78, 5) is 10.6. The van der Waals surface area contributed by atoms with E-state index in [-0.39, 0.29) is 23.7 Å². The Hall–Kier alpha value is -2.76. The molecule has 3 heterocycles. The van der Waals surface area contributed by atoms with Crippen LogP contribution in [-0.2, 0) is 12.7 Å². The molecule has 1 aliphatic heterocycles. The van der Waals surface area contributed by atoms with E-state index < -0.39 is 11.9 Å². The Balaban J connectivity index is 1.68. The van der Waals surface area contributed by atoms with Gasteiger partial charge in [0.2, 0.25) is 5.89 Å². The van der Waals surface area contributed by atoms with Crippen LogP contribution in [-0.4, -0.2) is 57.7 Å². The number of ether oxygens (including phenoxy) is 1. The van der Waals surface area contributed by atoms with Gasteiger partial charge in [0.1, 0.15) is 28.4 Å². The smallest absolute Gasteiger partial charge is 0.433 e. The third-order valence-corrected chi connectivity index (χ3v) is 6.78. The summed E-state index contributed by atoms with van der Waals surface area (Å²) in [5.41, 5.74) is 6.78. The van der Waals surface area contributed by atoms with E-state index in [1.807, 2.05) is 11.9 Å². The van der Waals surface area contributed by atoms with Crippen molar-refractivity contribution in [2.24, 2.45) is 5.73 Å². The van der Waals surface area contributed by atoms with Crippen LogP contribution in [0.2, 0.25) is 0 Å². The quantitative estimate of drug-likeness (QED) is 0.447. The molecule has 188 valence electrons. The van der Waals surface area contributed by atoms with Gasteiger partial charge < -0.3 is 19.8 Å². The summed E-state index contributed by atoms with van der Waals surface area (Å²) in [6.45, 7) is 12.1. The molecule has 7 nitrogen and oxygen atoms in total. The number of nitrogens with zero attached hydrogens (tertiary/aromatic N) is 4. The van der Waals surface area contributed by atoms with Crippen LogP contribution in [0.25, 0.3) is 28.1 Å². The van der Waals surface area contributed by atoms with E-state index in [0.717, 1.165) is 32.2 Å². The topological polar surface area (TPSA) is 80.6 Å². The lowest BCUT2D eigenvalue weighted by Crippen LogP contribution is -2.42. The molecule has 3 aromatic rings. The maximum Gasteiger partial charge on any atom is 0.433 e. The third kappa shape index (κ3) is 5.26. The maximum absolute atomic E-state index is 13.3. The minimum atomic E-state index is -4.58. The summed E-state index contributed by atoms with van der Waals surface area (Å²) in [7, 11) is 1.38. The molecule has 1 saturated heterocycles. The van der Waals surface area contributed by atoms with Crippen LogP contribution < -0.4 is 10.5 Å². The lowest BCUT2D eigenvalue weighted by atomic mass is 10.1. The van der Waals surface area contributed by atoms with Crippen LogP contribution in [0.1, 0.15) is 31.0 Å². The number of benzene rings is 1. The Labute approximate surface area is 206 Å². The fourth-order valence-electron chi connectivity index (χ4n) is 4.04. The van der Waals surface area contributed by atoms with Crippen molar-refractivity contribution in [3.63, 3.8) is 0 Å². The van der Waals surface area contributed by atoms with Crippen LogP contribution in [0.5, 0.6) is 5.75 Å². The number of alkyl halides is 3. The van der Waals surface area contributed by atoms with Crippen LogP contribution >= 0.6 is 11.9 Å². The Morgan fingerprint density at radius 2 is 1.89 bits per heavy atom. The number of nitrogens with two attached hydrogens (primary N) is 1. The van der Waals surface area contributed by atoms with E-state index >= 15 is 0 Å². The molecular formula is C24H28F3N5O2S. The number of fused-ring (bicyclic) bond motifs is 1. The van der Waals surface area contributed by atoms with Crippen molar-refractivity contribution in [3.8, 4) is 17.2 Å². The molecule has 0 bridgehead atoms. The summed E-state index contributed by atoms with van der Waals surface area (Å²) in [6.07, 6.45) is -4.58. The molecule has 1 aromatic carbocycles. The minimum Gasteiger partial charge on any atom is -0.494 e. The summed E-state index contributed by atoms with van der Waals surface area (Å²) in [5.74, 6) is 0.930. The van der Waals surface area contributed by atoms with Crippen LogP contribution in [0.15, 0.2) is 35.3 Å². The Morgan fingerprint density at radius 3 is 2.49 bits per heavy atom. The number of hydrogen-bond acceptors (Lipinski definition) is 8. The molecule has 0 spiro atoms. The number of methoxy groups -OCH3 is 1. The van der Waals surface area contributed by atoms with Crippen LogP contribution in [0.4, 0.5) is 13.2 Å². The summed E-state index contributed by atoms with van der Waals surface area (Å²) >= 11 is 1.84.